The number of hydrogen-bond donors (Lipinski definition) is 2. The molecule has 2 N–H and O–H groups in total. The van der Waals surface area contributed by atoms with E-state index in [4.69, 9.17) is 6.42 Å². The molecule has 0 saturated carbocycles. The van der Waals surface area contributed by atoms with Gasteiger partial charge in [-0.15, -0.1) is 6.42 Å². The number of amides is 1. The van der Waals surface area contributed by atoms with Crippen LogP contribution < -0.4 is 5.43 Å². The van der Waals surface area contributed by atoms with Gasteiger partial charge in [-0.3, -0.25) is 4.79 Å². The van der Waals surface area contributed by atoms with E-state index in [1.54, 1.807) is 42.5 Å². The SMILES string of the molecule is C#Cc1cccc(C=NNC(=O)c2ccc(Br)cc2)c1O. The first-order valence-electron chi connectivity index (χ1n) is 5.99. The fourth-order valence-electron chi connectivity index (χ4n) is 1.61. The van der Waals surface area contributed by atoms with Crippen LogP contribution in [0.4, 0.5) is 0 Å². The highest BCUT2D eigenvalue weighted by Gasteiger charge is 2.05. The van der Waals surface area contributed by atoms with E-state index in [1.807, 2.05) is 0 Å². The Balaban J connectivity index is 2.08. The molecule has 4 nitrogen and oxygen atoms in total. The van der Waals surface area contributed by atoms with Crippen molar-refractivity contribution in [1.29, 1.82) is 0 Å². The highest BCUT2D eigenvalue weighted by Crippen LogP contribution is 2.19. The molecule has 2 aromatic carbocycles. The zero-order chi connectivity index (χ0) is 15.2. The van der Waals surface area contributed by atoms with Gasteiger partial charge in [0.2, 0.25) is 0 Å². The van der Waals surface area contributed by atoms with Gasteiger partial charge >= 0.3 is 0 Å². The number of phenols is 1. The Morgan fingerprint density at radius 2 is 2.00 bits per heavy atom. The van der Waals surface area contributed by atoms with Crippen molar-refractivity contribution in [3.05, 3.63) is 63.6 Å². The van der Waals surface area contributed by atoms with Gasteiger partial charge in [0.1, 0.15) is 5.75 Å². The van der Waals surface area contributed by atoms with Crippen molar-refractivity contribution >= 4 is 28.1 Å². The first kappa shape index (κ1) is 14.8. The van der Waals surface area contributed by atoms with Crippen molar-refractivity contribution in [1.82, 2.24) is 5.43 Å². The Kier molecular flexibility index (Phi) is 4.75. The molecule has 21 heavy (non-hydrogen) atoms. The van der Waals surface area contributed by atoms with Crippen LogP contribution in [0, 0.1) is 12.3 Å². The summed E-state index contributed by atoms with van der Waals surface area (Å²) in [6, 6.07) is 11.8. The number of nitrogens with one attached hydrogen (secondary N) is 1. The van der Waals surface area contributed by atoms with E-state index in [0.717, 1.165) is 4.47 Å². The van der Waals surface area contributed by atoms with Crippen LogP contribution in [0.3, 0.4) is 0 Å². The molecular weight excluding hydrogens is 332 g/mol. The van der Waals surface area contributed by atoms with Crippen molar-refractivity contribution in [3.8, 4) is 18.1 Å². The molecule has 104 valence electrons. The third-order valence-electron chi connectivity index (χ3n) is 2.70. The highest BCUT2D eigenvalue weighted by atomic mass is 79.9. The Morgan fingerprint density at radius 3 is 2.67 bits per heavy atom. The summed E-state index contributed by atoms with van der Waals surface area (Å²) in [5.41, 5.74) is 3.67. The van der Waals surface area contributed by atoms with E-state index in [-0.39, 0.29) is 11.7 Å². The Labute approximate surface area is 130 Å². The molecule has 0 unspecified atom stereocenters. The van der Waals surface area contributed by atoms with E-state index in [9.17, 15) is 9.90 Å². The molecule has 2 rings (SSSR count). The maximum absolute atomic E-state index is 11.8. The zero-order valence-corrected chi connectivity index (χ0v) is 12.5. The number of benzene rings is 2. The maximum Gasteiger partial charge on any atom is 0.271 e. The highest BCUT2D eigenvalue weighted by molar-refractivity contribution is 9.10. The van der Waals surface area contributed by atoms with Gasteiger partial charge < -0.3 is 5.11 Å². The monoisotopic (exact) mass is 342 g/mol. The average Bonchev–Trinajstić information content (AvgIpc) is 2.49. The zero-order valence-electron chi connectivity index (χ0n) is 10.9. The Morgan fingerprint density at radius 1 is 1.29 bits per heavy atom. The lowest BCUT2D eigenvalue weighted by Gasteiger charge is -2.02. The summed E-state index contributed by atoms with van der Waals surface area (Å²) in [4.78, 5) is 11.8. The number of rotatable bonds is 3. The molecule has 5 heteroatoms. The molecule has 0 aliphatic rings. The van der Waals surface area contributed by atoms with Gasteiger partial charge in [0.05, 0.1) is 11.8 Å². The molecule has 0 saturated heterocycles. The number of hydrazone groups is 1. The lowest BCUT2D eigenvalue weighted by molar-refractivity contribution is 0.0955. The van der Waals surface area contributed by atoms with Crippen LogP contribution in [0.5, 0.6) is 5.75 Å². The number of aromatic hydroxyl groups is 1. The summed E-state index contributed by atoms with van der Waals surface area (Å²) < 4.78 is 0.888. The Bertz CT molecular complexity index is 731. The molecule has 0 atom stereocenters. The van der Waals surface area contributed by atoms with Crippen LogP contribution in [0.25, 0.3) is 0 Å². The van der Waals surface area contributed by atoms with E-state index in [1.165, 1.54) is 6.21 Å². The minimum Gasteiger partial charge on any atom is -0.506 e. The second-order valence-corrected chi connectivity index (χ2v) is 5.01. The van der Waals surface area contributed by atoms with Gasteiger partial charge in [-0.1, -0.05) is 27.9 Å². The summed E-state index contributed by atoms with van der Waals surface area (Å²) in [5.74, 6) is 1.98. The number of phenolic OH excluding ortho intramolecular Hbond substituents is 1. The van der Waals surface area contributed by atoms with Gasteiger partial charge in [-0.2, -0.15) is 5.10 Å². The van der Waals surface area contributed by atoms with Gasteiger partial charge in [0.15, 0.2) is 0 Å². The first-order valence-corrected chi connectivity index (χ1v) is 6.78. The number of para-hydroxylation sites is 1. The summed E-state index contributed by atoms with van der Waals surface area (Å²) in [7, 11) is 0. The van der Waals surface area contributed by atoms with E-state index in [0.29, 0.717) is 16.7 Å². The Hall–Kier alpha value is -2.58. The van der Waals surface area contributed by atoms with Crippen LogP contribution in [-0.2, 0) is 0 Å². The summed E-state index contributed by atoms with van der Waals surface area (Å²) in [6.07, 6.45) is 6.60. The van der Waals surface area contributed by atoms with Gasteiger partial charge in [0.25, 0.3) is 5.91 Å². The van der Waals surface area contributed by atoms with Crippen LogP contribution in [0.15, 0.2) is 52.0 Å². The van der Waals surface area contributed by atoms with E-state index in [2.05, 4.69) is 32.4 Å². The lowest BCUT2D eigenvalue weighted by atomic mass is 10.1. The minimum absolute atomic E-state index is 0.0401. The predicted octanol–water partition coefficient (Wildman–Crippen LogP) is 2.90. The van der Waals surface area contributed by atoms with E-state index < -0.39 is 0 Å². The molecule has 0 heterocycles. The van der Waals surface area contributed by atoms with Crippen molar-refractivity contribution in [3.63, 3.8) is 0 Å². The predicted molar refractivity (Wildman–Crippen MR) is 85.2 cm³/mol. The second kappa shape index (κ2) is 6.73. The van der Waals surface area contributed by atoms with Crippen molar-refractivity contribution in [2.45, 2.75) is 0 Å². The van der Waals surface area contributed by atoms with Gasteiger partial charge in [-0.05, 0) is 36.4 Å². The summed E-state index contributed by atoms with van der Waals surface area (Å²) >= 11 is 3.29. The summed E-state index contributed by atoms with van der Waals surface area (Å²) in [6.45, 7) is 0. The molecular formula is C16H11BrN2O2. The van der Waals surface area contributed by atoms with Crippen molar-refractivity contribution in [2.75, 3.05) is 0 Å². The first-order chi connectivity index (χ1) is 10.1. The van der Waals surface area contributed by atoms with Crippen LogP contribution in [-0.4, -0.2) is 17.2 Å². The molecule has 0 fully saturated rings. The molecule has 0 bridgehead atoms. The number of carbonyl (C=O) groups excluding carboxylic acids is 1. The maximum atomic E-state index is 11.8. The second-order valence-electron chi connectivity index (χ2n) is 4.09. The fourth-order valence-corrected chi connectivity index (χ4v) is 1.87. The van der Waals surface area contributed by atoms with Crippen LogP contribution in [0.1, 0.15) is 21.5 Å². The molecule has 0 aliphatic carbocycles. The van der Waals surface area contributed by atoms with Crippen molar-refractivity contribution < 1.29 is 9.90 Å². The molecule has 0 aliphatic heterocycles. The molecule has 0 radical (unpaired) electrons. The van der Waals surface area contributed by atoms with Gasteiger partial charge in [-0.25, -0.2) is 5.43 Å². The third-order valence-corrected chi connectivity index (χ3v) is 3.23. The number of terminal acetylenes is 1. The normalized spacial score (nSPS) is 10.3. The minimum atomic E-state index is -0.341. The van der Waals surface area contributed by atoms with Crippen molar-refractivity contribution in [2.24, 2.45) is 5.10 Å². The smallest absolute Gasteiger partial charge is 0.271 e. The number of nitrogens with zero attached hydrogens (tertiary/aromatic N) is 1. The molecule has 2 aromatic rings. The van der Waals surface area contributed by atoms with Crippen LogP contribution in [0.2, 0.25) is 0 Å². The third kappa shape index (κ3) is 3.71. The largest absolute Gasteiger partial charge is 0.506 e. The quantitative estimate of drug-likeness (QED) is 0.511. The van der Waals surface area contributed by atoms with Crippen LogP contribution >= 0.6 is 15.9 Å². The molecule has 0 aromatic heterocycles. The van der Waals surface area contributed by atoms with E-state index >= 15 is 0 Å². The number of hydrogen-bond acceptors (Lipinski definition) is 3. The number of carbonyl (C=O) groups is 1. The lowest BCUT2D eigenvalue weighted by Crippen LogP contribution is -2.17. The van der Waals surface area contributed by atoms with Gasteiger partial charge in [0, 0.05) is 15.6 Å². The standard InChI is InChI=1S/C16H11BrN2O2/c1-2-11-4-3-5-13(15(11)20)10-18-19-16(21)12-6-8-14(17)9-7-12/h1,3-10,20H,(H,19,21). The molecule has 0 spiro atoms. The summed E-state index contributed by atoms with van der Waals surface area (Å²) in [5, 5.41) is 13.7. The number of halogens is 1. The topological polar surface area (TPSA) is 61.7 Å². The fraction of sp³-hybridized carbons (Fsp3) is 0. The molecule has 1 amide bonds. The average molecular weight is 343 g/mol.